The van der Waals surface area contributed by atoms with Crippen LogP contribution in [0.25, 0.3) is 11.0 Å². The lowest BCUT2D eigenvalue weighted by Gasteiger charge is -2.22. The summed E-state index contributed by atoms with van der Waals surface area (Å²) in [7, 11) is 1.93. The molecule has 1 fully saturated rings. The second kappa shape index (κ2) is 7.37. The van der Waals surface area contributed by atoms with E-state index in [2.05, 4.69) is 10.3 Å². The summed E-state index contributed by atoms with van der Waals surface area (Å²) in [6.07, 6.45) is 0.183. The van der Waals surface area contributed by atoms with Crippen molar-refractivity contribution >= 4 is 28.5 Å². The second-order valence-electron chi connectivity index (χ2n) is 7.53. The van der Waals surface area contributed by atoms with Crippen molar-refractivity contribution in [2.75, 3.05) is 24.7 Å². The normalized spacial score (nSPS) is 18.1. The minimum Gasteiger partial charge on any atom is -0.486 e. The number of anilines is 1. The van der Waals surface area contributed by atoms with E-state index in [0.29, 0.717) is 37.8 Å². The number of nitrogens with zero attached hydrogens (tertiary/aromatic N) is 3. The minimum absolute atomic E-state index is 0.0745. The topological polar surface area (TPSA) is 85.7 Å². The summed E-state index contributed by atoms with van der Waals surface area (Å²) in [4.78, 5) is 31.5. The first-order chi connectivity index (χ1) is 14.6. The van der Waals surface area contributed by atoms with Crippen LogP contribution < -0.4 is 19.7 Å². The third-order valence-electron chi connectivity index (χ3n) is 5.63. The zero-order chi connectivity index (χ0) is 20.7. The lowest BCUT2D eigenvalue weighted by molar-refractivity contribution is -0.126. The maximum atomic E-state index is 12.7. The summed E-state index contributed by atoms with van der Waals surface area (Å²) in [6, 6.07) is 13.3. The van der Waals surface area contributed by atoms with Gasteiger partial charge in [0.05, 0.1) is 23.5 Å². The predicted molar refractivity (Wildman–Crippen MR) is 110 cm³/mol. The molecule has 5 rings (SSSR count). The Bertz CT molecular complexity index is 1140. The van der Waals surface area contributed by atoms with Gasteiger partial charge >= 0.3 is 0 Å². The van der Waals surface area contributed by atoms with Gasteiger partial charge in [0, 0.05) is 31.8 Å². The molecular weight excluding hydrogens is 384 g/mol. The van der Waals surface area contributed by atoms with E-state index in [9.17, 15) is 9.59 Å². The summed E-state index contributed by atoms with van der Waals surface area (Å²) >= 11 is 0. The van der Waals surface area contributed by atoms with Gasteiger partial charge in [-0.25, -0.2) is 4.98 Å². The molecule has 3 heterocycles. The van der Waals surface area contributed by atoms with Crippen LogP contribution in [0.5, 0.6) is 11.5 Å². The molecule has 0 aliphatic carbocycles. The molecule has 2 aliphatic rings. The van der Waals surface area contributed by atoms with Crippen molar-refractivity contribution in [3.63, 3.8) is 0 Å². The van der Waals surface area contributed by atoms with E-state index in [1.807, 2.05) is 41.9 Å². The van der Waals surface area contributed by atoms with Gasteiger partial charge in [0.1, 0.15) is 19.0 Å². The van der Waals surface area contributed by atoms with Crippen molar-refractivity contribution < 1.29 is 19.1 Å². The predicted octanol–water partition coefficient (Wildman–Crippen LogP) is 2.01. The molecule has 0 saturated carbocycles. The van der Waals surface area contributed by atoms with Crippen LogP contribution >= 0.6 is 0 Å². The molecule has 2 aromatic carbocycles. The first-order valence-electron chi connectivity index (χ1n) is 9.98. The molecule has 0 unspecified atom stereocenters. The van der Waals surface area contributed by atoms with Crippen molar-refractivity contribution in [2.45, 2.75) is 13.0 Å². The van der Waals surface area contributed by atoms with E-state index in [0.717, 1.165) is 22.5 Å². The fraction of sp³-hybridized carbons (Fsp3) is 0.318. The molecule has 30 heavy (non-hydrogen) atoms. The summed E-state index contributed by atoms with van der Waals surface area (Å²) < 4.78 is 13.1. The highest BCUT2D eigenvalue weighted by atomic mass is 16.6. The van der Waals surface area contributed by atoms with Crippen LogP contribution in [0.3, 0.4) is 0 Å². The molecule has 2 aliphatic heterocycles. The smallest absolute Gasteiger partial charge is 0.227 e. The number of carbonyl (C=O) groups excluding carboxylic acids is 2. The molecule has 8 nitrogen and oxygen atoms in total. The van der Waals surface area contributed by atoms with Crippen LogP contribution in [0, 0.1) is 5.92 Å². The zero-order valence-electron chi connectivity index (χ0n) is 16.6. The zero-order valence-corrected chi connectivity index (χ0v) is 16.6. The average Bonchev–Trinajstić information content (AvgIpc) is 3.32. The summed E-state index contributed by atoms with van der Waals surface area (Å²) in [6.45, 7) is 1.66. The third-order valence-corrected chi connectivity index (χ3v) is 5.63. The van der Waals surface area contributed by atoms with Gasteiger partial charge in [-0.15, -0.1) is 0 Å². The van der Waals surface area contributed by atoms with Crippen LogP contribution in [0.2, 0.25) is 0 Å². The van der Waals surface area contributed by atoms with Crippen molar-refractivity contribution in [1.82, 2.24) is 14.9 Å². The maximum Gasteiger partial charge on any atom is 0.227 e. The standard InChI is InChI=1S/C22H22N4O4/c1-25-17-5-3-2-4-16(17)24-20(25)12-23-22(28)14-10-21(27)26(13-14)15-6-7-18-19(11-15)30-9-8-29-18/h2-7,11,14H,8-10,12-13H2,1H3,(H,23,28)/t14-/m1/s1. The number of para-hydroxylation sites is 2. The second-order valence-corrected chi connectivity index (χ2v) is 7.53. The molecule has 1 atom stereocenters. The van der Waals surface area contributed by atoms with Gasteiger partial charge in [0.2, 0.25) is 11.8 Å². The van der Waals surface area contributed by atoms with Gasteiger partial charge in [-0.1, -0.05) is 12.1 Å². The van der Waals surface area contributed by atoms with Gasteiger partial charge < -0.3 is 24.3 Å². The Hall–Kier alpha value is -3.55. The van der Waals surface area contributed by atoms with Crippen LogP contribution in [0.1, 0.15) is 12.2 Å². The number of carbonyl (C=O) groups is 2. The quantitative estimate of drug-likeness (QED) is 0.717. The molecule has 1 aromatic heterocycles. The number of aryl methyl sites for hydroxylation is 1. The highest BCUT2D eigenvalue weighted by Crippen LogP contribution is 2.36. The third kappa shape index (κ3) is 3.24. The van der Waals surface area contributed by atoms with Crippen molar-refractivity contribution in [3.05, 3.63) is 48.3 Å². The fourth-order valence-electron chi connectivity index (χ4n) is 4.00. The number of imidazole rings is 1. The number of aromatic nitrogens is 2. The number of hydrogen-bond donors (Lipinski definition) is 1. The van der Waals surface area contributed by atoms with Crippen molar-refractivity contribution in [2.24, 2.45) is 13.0 Å². The monoisotopic (exact) mass is 406 g/mol. The van der Waals surface area contributed by atoms with Crippen LogP contribution in [-0.2, 0) is 23.2 Å². The molecule has 1 saturated heterocycles. The Morgan fingerprint density at radius 2 is 1.97 bits per heavy atom. The molecular formula is C22H22N4O4. The van der Waals surface area contributed by atoms with E-state index in [4.69, 9.17) is 9.47 Å². The average molecular weight is 406 g/mol. The summed E-state index contributed by atoms with van der Waals surface area (Å²) in [5.41, 5.74) is 2.63. The number of ether oxygens (including phenoxy) is 2. The van der Waals surface area contributed by atoms with Gasteiger partial charge in [0.25, 0.3) is 0 Å². The van der Waals surface area contributed by atoms with Crippen LogP contribution in [-0.4, -0.2) is 41.1 Å². The van der Waals surface area contributed by atoms with Crippen molar-refractivity contribution in [3.8, 4) is 11.5 Å². The Morgan fingerprint density at radius 3 is 2.80 bits per heavy atom. The van der Waals surface area contributed by atoms with Gasteiger partial charge in [0.15, 0.2) is 11.5 Å². The van der Waals surface area contributed by atoms with Gasteiger partial charge in [-0.05, 0) is 24.3 Å². The Kier molecular flexibility index (Phi) is 4.54. The lowest BCUT2D eigenvalue weighted by atomic mass is 10.1. The van der Waals surface area contributed by atoms with Gasteiger partial charge in [-0.3, -0.25) is 9.59 Å². The Balaban J connectivity index is 1.26. The molecule has 3 aromatic rings. The number of hydrogen-bond acceptors (Lipinski definition) is 5. The minimum atomic E-state index is -0.402. The Morgan fingerprint density at radius 1 is 1.17 bits per heavy atom. The van der Waals surface area contributed by atoms with Crippen LogP contribution in [0.4, 0.5) is 5.69 Å². The number of benzene rings is 2. The SMILES string of the molecule is Cn1c(CNC(=O)[C@@H]2CC(=O)N(c3ccc4c(c3)OCCO4)C2)nc2ccccc21. The fourth-order valence-corrected chi connectivity index (χ4v) is 4.00. The highest BCUT2D eigenvalue weighted by Gasteiger charge is 2.35. The van der Waals surface area contributed by atoms with Crippen molar-refractivity contribution in [1.29, 1.82) is 0 Å². The van der Waals surface area contributed by atoms with Gasteiger partial charge in [-0.2, -0.15) is 0 Å². The van der Waals surface area contributed by atoms with E-state index < -0.39 is 5.92 Å². The molecule has 0 bridgehead atoms. The molecule has 0 radical (unpaired) electrons. The number of rotatable bonds is 4. The molecule has 1 N–H and O–H groups in total. The highest BCUT2D eigenvalue weighted by molar-refractivity contribution is 6.00. The van der Waals surface area contributed by atoms with Crippen LogP contribution in [0.15, 0.2) is 42.5 Å². The molecule has 154 valence electrons. The largest absolute Gasteiger partial charge is 0.486 e. The first kappa shape index (κ1) is 18.5. The lowest BCUT2D eigenvalue weighted by Crippen LogP contribution is -2.33. The molecule has 2 amide bonds. The number of fused-ring (bicyclic) bond motifs is 2. The summed E-state index contributed by atoms with van der Waals surface area (Å²) in [5, 5.41) is 2.94. The Labute approximate surface area is 173 Å². The van der Waals surface area contributed by atoms with E-state index >= 15 is 0 Å². The van der Waals surface area contributed by atoms with E-state index in [1.54, 1.807) is 17.0 Å². The van der Waals surface area contributed by atoms with E-state index in [-0.39, 0.29) is 18.2 Å². The number of nitrogens with one attached hydrogen (secondary N) is 1. The number of amides is 2. The summed E-state index contributed by atoms with van der Waals surface area (Å²) in [5.74, 6) is 1.46. The molecule has 8 heteroatoms. The van der Waals surface area contributed by atoms with E-state index in [1.165, 1.54) is 0 Å². The first-order valence-corrected chi connectivity index (χ1v) is 9.98. The maximum absolute atomic E-state index is 12.7. The molecule has 0 spiro atoms.